The second-order valence-corrected chi connectivity index (χ2v) is 12.7. The van der Waals surface area contributed by atoms with Crippen molar-refractivity contribution in [2.45, 2.75) is 31.2 Å². The maximum absolute atomic E-state index is 16.6. The molecular formula is C33H34ClFN6O3. The van der Waals surface area contributed by atoms with Crippen LogP contribution in [-0.2, 0) is 4.79 Å². The fraction of sp³-hybridized carbons (Fsp3) is 0.394. The fourth-order valence-corrected chi connectivity index (χ4v) is 7.53. The first kappa shape index (κ1) is 28.7. The van der Waals surface area contributed by atoms with Crippen molar-refractivity contribution in [3.8, 4) is 23.0 Å². The van der Waals surface area contributed by atoms with Crippen LogP contribution in [0.2, 0.25) is 5.02 Å². The number of phenols is 1. The number of rotatable bonds is 8. The van der Waals surface area contributed by atoms with Gasteiger partial charge in [0, 0.05) is 54.8 Å². The van der Waals surface area contributed by atoms with E-state index in [9.17, 15) is 9.90 Å². The van der Waals surface area contributed by atoms with Gasteiger partial charge in [-0.15, -0.1) is 0 Å². The van der Waals surface area contributed by atoms with Gasteiger partial charge >= 0.3 is 6.01 Å². The van der Waals surface area contributed by atoms with E-state index in [1.807, 2.05) is 18.0 Å². The molecule has 5 heterocycles. The minimum Gasteiger partial charge on any atom is -0.508 e. The summed E-state index contributed by atoms with van der Waals surface area (Å²) in [5.74, 6) is -0.0329. The quantitative estimate of drug-likeness (QED) is 0.262. The van der Waals surface area contributed by atoms with Crippen LogP contribution in [0.4, 0.5) is 10.2 Å². The topological polar surface area (TPSA) is 94.9 Å². The number of likely N-dealkylation sites (tertiary alicyclic amines) is 1. The Balaban J connectivity index is 1.29. The molecule has 3 fully saturated rings. The van der Waals surface area contributed by atoms with Crippen LogP contribution in [0.5, 0.6) is 11.8 Å². The SMILES string of the molecule is C=CC(=O)N1CC(CN(C)c2nc(OCC34CCCN3CCC4)nc3c(F)c(-c4cc(O)cc5cccc(Cl)c45)ncc23)C1. The largest absolute Gasteiger partial charge is 0.508 e. The number of nitrogens with zero attached hydrogens (tertiary/aromatic N) is 6. The van der Waals surface area contributed by atoms with Gasteiger partial charge in [-0.3, -0.25) is 14.7 Å². The second kappa shape index (κ2) is 11.2. The lowest BCUT2D eigenvalue weighted by atomic mass is 9.95. The number of ether oxygens (including phenoxy) is 1. The Morgan fingerprint density at radius 3 is 2.77 bits per heavy atom. The van der Waals surface area contributed by atoms with Gasteiger partial charge in [-0.25, -0.2) is 4.39 Å². The van der Waals surface area contributed by atoms with Crippen LogP contribution in [0.15, 0.2) is 49.2 Å². The van der Waals surface area contributed by atoms with Crippen molar-refractivity contribution in [3.05, 3.63) is 60.0 Å². The standard InChI is InChI=1S/C33H34ClFN6O3/c1-3-26(43)40-17-20(18-40)16-39(2)31-24-15-36-29(23-14-22(42)13-21-7-4-8-25(34)27(21)23)28(35)30(24)37-32(38-31)44-19-33-9-5-11-41(33)12-6-10-33/h3-4,7-8,13-15,20,42H,1,5-6,9-12,16-19H2,2H3. The summed E-state index contributed by atoms with van der Waals surface area (Å²) >= 11 is 6.56. The molecule has 3 saturated heterocycles. The van der Waals surface area contributed by atoms with Gasteiger partial charge in [0.25, 0.3) is 0 Å². The van der Waals surface area contributed by atoms with Crippen molar-refractivity contribution in [1.82, 2.24) is 24.8 Å². The first-order valence-electron chi connectivity index (χ1n) is 15.0. The van der Waals surface area contributed by atoms with Gasteiger partial charge in [-0.2, -0.15) is 9.97 Å². The number of halogens is 2. The van der Waals surface area contributed by atoms with Crippen LogP contribution in [-0.4, -0.2) is 87.7 Å². The van der Waals surface area contributed by atoms with Crippen LogP contribution in [0.3, 0.4) is 0 Å². The Morgan fingerprint density at radius 2 is 2.02 bits per heavy atom. The lowest BCUT2D eigenvalue weighted by Crippen LogP contribution is -2.53. The van der Waals surface area contributed by atoms with Gasteiger partial charge in [-0.1, -0.05) is 30.3 Å². The highest BCUT2D eigenvalue weighted by atomic mass is 35.5. The normalized spacial score (nSPS) is 18.0. The molecule has 0 unspecified atom stereocenters. The molecular weight excluding hydrogens is 583 g/mol. The van der Waals surface area contributed by atoms with Crippen LogP contribution >= 0.6 is 11.6 Å². The number of aromatic hydroxyl groups is 1. The fourth-order valence-electron chi connectivity index (χ4n) is 7.25. The van der Waals surface area contributed by atoms with Crippen LogP contribution in [0.1, 0.15) is 25.7 Å². The molecule has 0 aliphatic carbocycles. The third-order valence-electron chi connectivity index (χ3n) is 9.43. The molecule has 0 atom stereocenters. The van der Waals surface area contributed by atoms with E-state index in [2.05, 4.69) is 21.4 Å². The lowest BCUT2D eigenvalue weighted by molar-refractivity contribution is -0.131. The summed E-state index contributed by atoms with van der Waals surface area (Å²) in [4.78, 5) is 32.1. The Labute approximate surface area is 259 Å². The molecule has 228 valence electrons. The molecule has 1 amide bonds. The zero-order valence-corrected chi connectivity index (χ0v) is 25.4. The van der Waals surface area contributed by atoms with E-state index < -0.39 is 5.82 Å². The summed E-state index contributed by atoms with van der Waals surface area (Å²) in [7, 11) is 1.90. The summed E-state index contributed by atoms with van der Waals surface area (Å²) < 4.78 is 22.9. The Morgan fingerprint density at radius 1 is 1.25 bits per heavy atom. The Bertz CT molecular complexity index is 1790. The van der Waals surface area contributed by atoms with E-state index in [0.29, 0.717) is 58.8 Å². The molecule has 2 aromatic heterocycles. The molecule has 44 heavy (non-hydrogen) atoms. The van der Waals surface area contributed by atoms with Crippen molar-refractivity contribution in [2.24, 2.45) is 5.92 Å². The monoisotopic (exact) mass is 616 g/mol. The molecule has 1 N–H and O–H groups in total. The highest BCUT2D eigenvalue weighted by molar-refractivity contribution is 6.36. The van der Waals surface area contributed by atoms with Gasteiger partial charge in [0.1, 0.15) is 29.4 Å². The number of carbonyl (C=O) groups excluding carboxylic acids is 1. The number of pyridine rings is 1. The summed E-state index contributed by atoms with van der Waals surface area (Å²) in [6.07, 6.45) is 7.27. The molecule has 7 rings (SSSR count). The maximum Gasteiger partial charge on any atom is 0.319 e. The predicted molar refractivity (Wildman–Crippen MR) is 169 cm³/mol. The number of carbonyl (C=O) groups is 1. The molecule has 3 aliphatic rings. The molecule has 0 radical (unpaired) electrons. The van der Waals surface area contributed by atoms with E-state index in [-0.39, 0.29) is 40.3 Å². The Hall–Kier alpha value is -4.02. The third-order valence-corrected chi connectivity index (χ3v) is 9.74. The van der Waals surface area contributed by atoms with E-state index >= 15 is 4.39 Å². The number of phenolic OH excluding ortho intramolecular Hbond substituents is 1. The zero-order valence-electron chi connectivity index (χ0n) is 24.6. The number of anilines is 1. The van der Waals surface area contributed by atoms with Gasteiger partial charge in [0.15, 0.2) is 5.82 Å². The summed E-state index contributed by atoms with van der Waals surface area (Å²) in [6.45, 7) is 7.96. The van der Waals surface area contributed by atoms with Crippen LogP contribution in [0, 0.1) is 11.7 Å². The molecule has 4 aromatic rings. The number of aromatic nitrogens is 3. The summed E-state index contributed by atoms with van der Waals surface area (Å²) in [5.41, 5.74) is 0.443. The molecule has 0 saturated carbocycles. The molecule has 3 aliphatic heterocycles. The highest BCUT2D eigenvalue weighted by Crippen LogP contribution is 2.41. The molecule has 0 spiro atoms. The van der Waals surface area contributed by atoms with Crippen LogP contribution in [0.25, 0.3) is 32.9 Å². The molecule has 9 nitrogen and oxygen atoms in total. The molecule has 0 bridgehead atoms. The van der Waals surface area contributed by atoms with E-state index in [1.54, 1.807) is 29.3 Å². The number of benzene rings is 2. The van der Waals surface area contributed by atoms with E-state index in [4.69, 9.17) is 21.3 Å². The number of hydrogen-bond donors (Lipinski definition) is 1. The lowest BCUT2D eigenvalue weighted by Gasteiger charge is -2.40. The van der Waals surface area contributed by atoms with Gasteiger partial charge in [-0.05, 0) is 68.4 Å². The van der Waals surface area contributed by atoms with Crippen LogP contribution < -0.4 is 9.64 Å². The van der Waals surface area contributed by atoms with E-state index in [0.717, 1.165) is 38.8 Å². The second-order valence-electron chi connectivity index (χ2n) is 12.2. The average Bonchev–Trinajstić information content (AvgIpc) is 3.57. The smallest absolute Gasteiger partial charge is 0.319 e. The molecule has 2 aromatic carbocycles. The highest BCUT2D eigenvalue weighted by Gasteiger charge is 2.45. The summed E-state index contributed by atoms with van der Waals surface area (Å²) in [5, 5.41) is 12.6. The first-order chi connectivity index (χ1) is 21.3. The van der Waals surface area contributed by atoms with Crippen molar-refractivity contribution in [3.63, 3.8) is 0 Å². The summed E-state index contributed by atoms with van der Waals surface area (Å²) in [6, 6.07) is 8.48. The van der Waals surface area contributed by atoms with Crippen molar-refractivity contribution in [1.29, 1.82) is 0 Å². The van der Waals surface area contributed by atoms with Crippen molar-refractivity contribution < 1.29 is 19.0 Å². The minimum absolute atomic E-state index is 0.0235. The average molecular weight is 617 g/mol. The number of hydrogen-bond acceptors (Lipinski definition) is 8. The molecule has 11 heteroatoms. The van der Waals surface area contributed by atoms with Gasteiger partial charge < -0.3 is 19.6 Å². The minimum atomic E-state index is -0.649. The van der Waals surface area contributed by atoms with Crippen molar-refractivity contribution >= 4 is 45.0 Å². The first-order valence-corrected chi connectivity index (χ1v) is 15.4. The van der Waals surface area contributed by atoms with Gasteiger partial charge in [0.2, 0.25) is 5.91 Å². The van der Waals surface area contributed by atoms with E-state index in [1.165, 1.54) is 12.1 Å². The maximum atomic E-state index is 16.6. The number of amides is 1. The predicted octanol–water partition coefficient (Wildman–Crippen LogP) is 5.43. The number of fused-ring (bicyclic) bond motifs is 3. The Kier molecular flexibility index (Phi) is 7.29. The van der Waals surface area contributed by atoms with Crippen molar-refractivity contribution in [2.75, 3.05) is 51.3 Å². The van der Waals surface area contributed by atoms with Gasteiger partial charge in [0.05, 0.1) is 10.9 Å². The zero-order chi connectivity index (χ0) is 30.6. The third kappa shape index (κ3) is 4.90.